The first-order valence-electron chi connectivity index (χ1n) is 7.50. The third kappa shape index (κ3) is 3.17. The van der Waals surface area contributed by atoms with Crippen molar-refractivity contribution in [2.45, 2.75) is 37.6 Å². The van der Waals surface area contributed by atoms with Crippen LogP contribution in [0.4, 0.5) is 17.6 Å². The number of rotatable bonds is 5. The van der Waals surface area contributed by atoms with E-state index in [2.05, 4.69) is 16.9 Å². The highest BCUT2D eigenvalue weighted by Crippen LogP contribution is 2.40. The van der Waals surface area contributed by atoms with Crippen LogP contribution in [0.25, 0.3) is 5.70 Å². The number of alkyl halides is 2. The molecule has 1 aliphatic rings. The predicted octanol–water partition coefficient (Wildman–Crippen LogP) is 5.04. The summed E-state index contributed by atoms with van der Waals surface area (Å²) in [7, 11) is 0. The zero-order valence-corrected chi connectivity index (χ0v) is 13.8. The van der Waals surface area contributed by atoms with Gasteiger partial charge in [-0.1, -0.05) is 12.6 Å². The molecule has 1 aromatic carbocycles. The van der Waals surface area contributed by atoms with E-state index in [-0.39, 0.29) is 17.7 Å². The first-order valence-corrected chi connectivity index (χ1v) is 8.38. The lowest BCUT2D eigenvalue weighted by molar-refractivity contribution is 0.0131. The number of hydrogen-bond donors (Lipinski definition) is 1. The predicted molar refractivity (Wildman–Crippen MR) is 86.0 cm³/mol. The Kier molecular flexibility index (Phi) is 4.38. The molecular formula is C17H16F4N2S. The Morgan fingerprint density at radius 1 is 1.33 bits per heavy atom. The molecule has 0 saturated heterocycles. The summed E-state index contributed by atoms with van der Waals surface area (Å²) >= 11 is 1.09. The molecule has 0 radical (unpaired) electrons. The van der Waals surface area contributed by atoms with Gasteiger partial charge in [0.25, 0.3) is 5.92 Å². The fourth-order valence-electron chi connectivity index (χ4n) is 2.91. The molecule has 1 fully saturated rings. The van der Waals surface area contributed by atoms with Gasteiger partial charge in [-0.3, -0.25) is 0 Å². The Morgan fingerprint density at radius 3 is 2.67 bits per heavy atom. The molecule has 0 bridgehead atoms. The van der Waals surface area contributed by atoms with Crippen molar-refractivity contribution in [2.24, 2.45) is 0 Å². The molecule has 7 heteroatoms. The molecule has 0 amide bonds. The first-order chi connectivity index (χ1) is 11.3. The maximum absolute atomic E-state index is 13.9. The van der Waals surface area contributed by atoms with E-state index in [1.54, 1.807) is 0 Å². The van der Waals surface area contributed by atoms with Crippen molar-refractivity contribution in [1.82, 2.24) is 10.3 Å². The topological polar surface area (TPSA) is 24.9 Å². The van der Waals surface area contributed by atoms with Gasteiger partial charge in [0.05, 0.1) is 10.4 Å². The lowest BCUT2D eigenvalue weighted by Crippen LogP contribution is -2.41. The largest absolute Gasteiger partial charge is 0.381 e. The quantitative estimate of drug-likeness (QED) is 0.759. The molecule has 1 N–H and O–H groups in total. The molecule has 1 saturated carbocycles. The Morgan fingerprint density at radius 2 is 2.08 bits per heavy atom. The molecule has 0 spiro atoms. The molecule has 3 rings (SSSR count). The minimum atomic E-state index is -3.05. The molecular weight excluding hydrogens is 340 g/mol. The van der Waals surface area contributed by atoms with Gasteiger partial charge in [-0.05, 0) is 24.5 Å². The summed E-state index contributed by atoms with van der Waals surface area (Å²) < 4.78 is 54.1. The Hall–Kier alpha value is -1.89. The van der Waals surface area contributed by atoms with Crippen LogP contribution in [0.3, 0.4) is 0 Å². The van der Waals surface area contributed by atoms with Gasteiger partial charge >= 0.3 is 0 Å². The van der Waals surface area contributed by atoms with Crippen LogP contribution in [0.5, 0.6) is 0 Å². The first kappa shape index (κ1) is 17.0. The maximum atomic E-state index is 13.9. The van der Waals surface area contributed by atoms with Crippen molar-refractivity contribution in [2.75, 3.05) is 0 Å². The van der Waals surface area contributed by atoms with Crippen LogP contribution in [-0.4, -0.2) is 11.0 Å². The van der Waals surface area contributed by atoms with Crippen molar-refractivity contribution in [3.05, 3.63) is 58.1 Å². The minimum absolute atomic E-state index is 0.127. The van der Waals surface area contributed by atoms with Crippen LogP contribution >= 0.6 is 11.3 Å². The SMILES string of the molecule is C=C(NC1CC[C@H]1c1ccc(F)cc1F)c1scnc1C(C)(F)F. The highest BCUT2D eigenvalue weighted by atomic mass is 32.1. The van der Waals surface area contributed by atoms with Crippen LogP contribution < -0.4 is 5.32 Å². The molecule has 1 unspecified atom stereocenters. The summed E-state index contributed by atoms with van der Waals surface area (Å²) in [4.78, 5) is 4.03. The third-order valence-electron chi connectivity index (χ3n) is 4.25. The number of halogens is 4. The molecule has 1 heterocycles. The molecule has 24 heavy (non-hydrogen) atoms. The number of aromatic nitrogens is 1. The van der Waals surface area contributed by atoms with E-state index in [0.717, 1.165) is 37.2 Å². The third-order valence-corrected chi connectivity index (χ3v) is 5.14. The summed E-state index contributed by atoms with van der Waals surface area (Å²) in [6.07, 6.45) is 1.50. The maximum Gasteiger partial charge on any atom is 0.288 e. The smallest absolute Gasteiger partial charge is 0.288 e. The molecule has 0 aliphatic heterocycles. The monoisotopic (exact) mass is 356 g/mol. The lowest BCUT2D eigenvalue weighted by Gasteiger charge is -2.38. The summed E-state index contributed by atoms with van der Waals surface area (Å²) in [5.41, 5.74) is 1.82. The highest BCUT2D eigenvalue weighted by molar-refractivity contribution is 7.10. The number of thiazole rings is 1. The Labute approximate surface area is 141 Å². The normalized spacial score (nSPS) is 20.5. The molecule has 128 valence electrons. The van der Waals surface area contributed by atoms with Gasteiger partial charge < -0.3 is 5.32 Å². The van der Waals surface area contributed by atoms with E-state index in [4.69, 9.17) is 0 Å². The van der Waals surface area contributed by atoms with Crippen molar-refractivity contribution in [1.29, 1.82) is 0 Å². The number of benzene rings is 1. The molecule has 2 aromatic rings. The van der Waals surface area contributed by atoms with E-state index >= 15 is 0 Å². The van der Waals surface area contributed by atoms with E-state index in [1.165, 1.54) is 17.6 Å². The summed E-state index contributed by atoms with van der Waals surface area (Å²) in [6, 6.07) is 3.39. The Balaban J connectivity index is 1.75. The summed E-state index contributed by atoms with van der Waals surface area (Å²) in [6.45, 7) is 4.62. The van der Waals surface area contributed by atoms with E-state index in [9.17, 15) is 17.6 Å². The molecule has 1 aliphatic carbocycles. The van der Waals surface area contributed by atoms with Gasteiger partial charge in [-0.2, -0.15) is 8.78 Å². The van der Waals surface area contributed by atoms with E-state index in [1.807, 2.05) is 0 Å². The van der Waals surface area contributed by atoms with Gasteiger partial charge in [0, 0.05) is 30.6 Å². The van der Waals surface area contributed by atoms with E-state index in [0.29, 0.717) is 16.1 Å². The van der Waals surface area contributed by atoms with Gasteiger partial charge in [0.2, 0.25) is 0 Å². The van der Waals surface area contributed by atoms with Crippen molar-refractivity contribution in [3.8, 4) is 0 Å². The van der Waals surface area contributed by atoms with Crippen LogP contribution in [0.1, 0.15) is 41.8 Å². The molecule has 2 atom stereocenters. The number of nitrogens with one attached hydrogen (secondary N) is 1. The average molecular weight is 356 g/mol. The minimum Gasteiger partial charge on any atom is -0.381 e. The van der Waals surface area contributed by atoms with Crippen molar-refractivity contribution < 1.29 is 17.6 Å². The lowest BCUT2D eigenvalue weighted by atomic mass is 9.74. The highest BCUT2D eigenvalue weighted by Gasteiger charge is 2.36. The fourth-order valence-corrected chi connectivity index (χ4v) is 3.72. The van der Waals surface area contributed by atoms with E-state index < -0.39 is 17.6 Å². The summed E-state index contributed by atoms with van der Waals surface area (Å²) in [5, 5.41) is 3.10. The van der Waals surface area contributed by atoms with Gasteiger partial charge in [0.1, 0.15) is 17.3 Å². The van der Waals surface area contributed by atoms with Crippen LogP contribution in [-0.2, 0) is 5.92 Å². The second-order valence-electron chi connectivity index (χ2n) is 6.00. The second-order valence-corrected chi connectivity index (χ2v) is 6.85. The van der Waals surface area contributed by atoms with Crippen LogP contribution in [0.2, 0.25) is 0 Å². The zero-order chi connectivity index (χ0) is 17.5. The average Bonchev–Trinajstić information content (AvgIpc) is 2.96. The van der Waals surface area contributed by atoms with Crippen LogP contribution in [0, 0.1) is 11.6 Å². The number of nitrogens with zero attached hydrogens (tertiary/aromatic N) is 1. The van der Waals surface area contributed by atoms with Gasteiger partial charge in [0.15, 0.2) is 0 Å². The second kappa shape index (κ2) is 6.20. The standard InChI is InChI=1S/C17H16F4N2S/c1-9(15-16(17(2,20)21)22-8-24-15)23-14-6-5-12(14)11-4-3-10(18)7-13(11)19/h3-4,7-8,12,14,23H,1,5-6H2,2H3/t12-,14?/m0/s1. The van der Waals surface area contributed by atoms with Gasteiger partial charge in [-0.25, -0.2) is 13.8 Å². The fraction of sp³-hybridized carbons (Fsp3) is 0.353. The molecule has 2 nitrogen and oxygen atoms in total. The Bertz CT molecular complexity index is 766. The zero-order valence-electron chi connectivity index (χ0n) is 13.0. The van der Waals surface area contributed by atoms with Gasteiger partial charge in [-0.15, -0.1) is 11.3 Å². The van der Waals surface area contributed by atoms with Crippen molar-refractivity contribution in [3.63, 3.8) is 0 Å². The molecule has 1 aromatic heterocycles. The van der Waals surface area contributed by atoms with Crippen molar-refractivity contribution >= 4 is 17.0 Å². The van der Waals surface area contributed by atoms with Crippen LogP contribution in [0.15, 0.2) is 30.3 Å². The number of hydrogen-bond acceptors (Lipinski definition) is 3. The summed E-state index contributed by atoms with van der Waals surface area (Å²) in [5.74, 6) is -4.40.